The Bertz CT molecular complexity index is 901. The van der Waals surface area contributed by atoms with Gasteiger partial charge in [0.1, 0.15) is 5.82 Å². The number of hydrogen-bond donors (Lipinski definition) is 0. The van der Waals surface area contributed by atoms with Gasteiger partial charge in [0, 0.05) is 31.6 Å². The van der Waals surface area contributed by atoms with Gasteiger partial charge in [0.05, 0.1) is 17.4 Å². The number of likely N-dealkylation sites (N-methyl/N-ethyl adjacent to an activating group) is 1. The van der Waals surface area contributed by atoms with Crippen LogP contribution in [-0.4, -0.2) is 43.1 Å². The van der Waals surface area contributed by atoms with Gasteiger partial charge < -0.3 is 9.80 Å². The number of pyridine rings is 1. The highest BCUT2D eigenvalue weighted by molar-refractivity contribution is 5.85. The molecule has 3 nitrogen and oxygen atoms in total. The minimum absolute atomic E-state index is 0.167. The first kappa shape index (κ1) is 17.0. The quantitative estimate of drug-likeness (QED) is 0.712. The zero-order valence-electron chi connectivity index (χ0n) is 15.2. The predicted molar refractivity (Wildman–Crippen MR) is 105 cm³/mol. The Hall–Kier alpha value is -2.46. The van der Waals surface area contributed by atoms with Crippen molar-refractivity contribution in [2.75, 3.05) is 38.1 Å². The molecule has 2 aromatic carbocycles. The molecule has 0 spiro atoms. The summed E-state index contributed by atoms with van der Waals surface area (Å²) in [6, 6.07) is 15.4. The van der Waals surface area contributed by atoms with Gasteiger partial charge >= 0.3 is 0 Å². The summed E-state index contributed by atoms with van der Waals surface area (Å²) in [5, 5.41) is 1.21. The summed E-state index contributed by atoms with van der Waals surface area (Å²) in [5.74, 6) is -0.167. The minimum Gasteiger partial charge on any atom is -0.368 e. The van der Waals surface area contributed by atoms with Crippen LogP contribution in [0.2, 0.25) is 0 Å². The summed E-state index contributed by atoms with van der Waals surface area (Å²) in [6.07, 6.45) is 3.70. The van der Waals surface area contributed by atoms with Crippen molar-refractivity contribution in [1.82, 2.24) is 9.88 Å². The van der Waals surface area contributed by atoms with Crippen LogP contribution in [0.25, 0.3) is 10.9 Å². The first-order valence-corrected chi connectivity index (χ1v) is 9.25. The fraction of sp³-hybridized carbons (Fsp3) is 0.318. The van der Waals surface area contributed by atoms with Crippen molar-refractivity contribution < 1.29 is 4.39 Å². The third-order valence-electron chi connectivity index (χ3n) is 5.24. The lowest BCUT2D eigenvalue weighted by atomic mass is 10.00. The number of piperazine rings is 1. The van der Waals surface area contributed by atoms with Crippen LogP contribution in [0, 0.1) is 5.82 Å². The molecule has 3 aromatic rings. The van der Waals surface area contributed by atoms with Crippen LogP contribution in [0.15, 0.2) is 54.7 Å². The highest BCUT2D eigenvalue weighted by atomic mass is 19.1. The Morgan fingerprint density at radius 2 is 1.77 bits per heavy atom. The van der Waals surface area contributed by atoms with E-state index in [0.717, 1.165) is 50.1 Å². The molecule has 1 aromatic heterocycles. The molecule has 2 heterocycles. The number of aromatic nitrogens is 1. The van der Waals surface area contributed by atoms with Gasteiger partial charge in [-0.3, -0.25) is 4.98 Å². The van der Waals surface area contributed by atoms with Crippen LogP contribution in [0.3, 0.4) is 0 Å². The summed E-state index contributed by atoms with van der Waals surface area (Å²) in [6.45, 7) is 4.24. The molecule has 0 saturated carbocycles. The van der Waals surface area contributed by atoms with Gasteiger partial charge in [0.15, 0.2) is 0 Å². The van der Waals surface area contributed by atoms with E-state index in [0.29, 0.717) is 0 Å². The van der Waals surface area contributed by atoms with Gasteiger partial charge in [0.2, 0.25) is 0 Å². The molecule has 4 rings (SSSR count). The second-order valence-corrected chi connectivity index (χ2v) is 7.10. The van der Waals surface area contributed by atoms with Crippen LogP contribution in [0.4, 0.5) is 10.1 Å². The lowest BCUT2D eigenvalue weighted by Crippen LogP contribution is -2.44. The van der Waals surface area contributed by atoms with Crippen LogP contribution in [-0.2, 0) is 12.8 Å². The molecular formula is C22H24FN3. The van der Waals surface area contributed by atoms with Gasteiger partial charge in [-0.2, -0.15) is 0 Å². The number of rotatable bonds is 4. The Kier molecular flexibility index (Phi) is 4.85. The van der Waals surface area contributed by atoms with E-state index in [9.17, 15) is 4.39 Å². The fourth-order valence-electron chi connectivity index (χ4n) is 3.63. The molecule has 4 heteroatoms. The Morgan fingerprint density at radius 1 is 0.962 bits per heavy atom. The maximum absolute atomic E-state index is 13.4. The minimum atomic E-state index is -0.167. The van der Waals surface area contributed by atoms with Gasteiger partial charge in [-0.05, 0) is 55.3 Å². The van der Waals surface area contributed by atoms with Crippen molar-refractivity contribution in [2.24, 2.45) is 0 Å². The fourth-order valence-corrected chi connectivity index (χ4v) is 3.63. The average Bonchev–Trinajstić information content (AvgIpc) is 2.66. The van der Waals surface area contributed by atoms with Crippen molar-refractivity contribution in [2.45, 2.75) is 12.8 Å². The molecule has 1 fully saturated rings. The van der Waals surface area contributed by atoms with Gasteiger partial charge in [-0.15, -0.1) is 0 Å². The Labute approximate surface area is 154 Å². The molecule has 1 saturated heterocycles. The van der Waals surface area contributed by atoms with E-state index >= 15 is 0 Å². The summed E-state index contributed by atoms with van der Waals surface area (Å²) < 4.78 is 13.4. The summed E-state index contributed by atoms with van der Waals surface area (Å²) in [5.41, 5.74) is 4.53. The molecule has 134 valence electrons. The molecular weight excluding hydrogens is 325 g/mol. The maximum atomic E-state index is 13.4. The van der Waals surface area contributed by atoms with E-state index in [1.54, 1.807) is 12.1 Å². The largest absolute Gasteiger partial charge is 0.368 e. The van der Waals surface area contributed by atoms with Crippen LogP contribution in [0.1, 0.15) is 11.1 Å². The van der Waals surface area contributed by atoms with Gasteiger partial charge in [-0.1, -0.05) is 24.3 Å². The summed E-state index contributed by atoms with van der Waals surface area (Å²) >= 11 is 0. The summed E-state index contributed by atoms with van der Waals surface area (Å²) in [7, 11) is 2.17. The monoisotopic (exact) mass is 349 g/mol. The molecule has 1 aliphatic rings. The van der Waals surface area contributed by atoms with Crippen molar-refractivity contribution in [3.63, 3.8) is 0 Å². The number of aryl methyl sites for hydroxylation is 2. The second kappa shape index (κ2) is 7.42. The van der Waals surface area contributed by atoms with E-state index in [1.165, 1.54) is 22.7 Å². The van der Waals surface area contributed by atoms with Crippen molar-refractivity contribution in [3.05, 3.63) is 71.7 Å². The standard InChI is InChI=1S/C22H24FN3/c1-25-10-12-26(13-11-25)20-15-21-18(5-3-7-22(21)24-16-20)9-8-17-4-2-6-19(23)14-17/h2-7,14-16H,8-13H2,1H3. The lowest BCUT2D eigenvalue weighted by Gasteiger charge is -2.34. The van der Waals surface area contributed by atoms with E-state index in [4.69, 9.17) is 0 Å². The van der Waals surface area contributed by atoms with Crippen LogP contribution in [0.5, 0.6) is 0 Å². The van der Waals surface area contributed by atoms with E-state index < -0.39 is 0 Å². The van der Waals surface area contributed by atoms with Crippen LogP contribution < -0.4 is 4.90 Å². The summed E-state index contributed by atoms with van der Waals surface area (Å²) in [4.78, 5) is 9.46. The highest BCUT2D eigenvalue weighted by Crippen LogP contribution is 2.25. The smallest absolute Gasteiger partial charge is 0.123 e. The molecule has 0 atom stereocenters. The SMILES string of the molecule is CN1CCN(c2cnc3cccc(CCc4cccc(F)c4)c3c2)CC1. The molecule has 26 heavy (non-hydrogen) atoms. The highest BCUT2D eigenvalue weighted by Gasteiger charge is 2.15. The first-order valence-electron chi connectivity index (χ1n) is 9.25. The zero-order chi connectivity index (χ0) is 17.9. The molecule has 1 aliphatic heterocycles. The predicted octanol–water partition coefficient (Wildman–Crippen LogP) is 3.91. The number of halogens is 1. The second-order valence-electron chi connectivity index (χ2n) is 7.10. The number of fused-ring (bicyclic) bond motifs is 1. The van der Waals surface area contributed by atoms with E-state index in [2.05, 4.69) is 46.1 Å². The van der Waals surface area contributed by atoms with Gasteiger partial charge in [-0.25, -0.2) is 4.39 Å². The van der Waals surface area contributed by atoms with Crippen molar-refractivity contribution >= 4 is 16.6 Å². The first-order chi connectivity index (χ1) is 12.7. The number of hydrogen-bond acceptors (Lipinski definition) is 3. The third-order valence-corrected chi connectivity index (χ3v) is 5.24. The Balaban J connectivity index is 1.59. The van der Waals surface area contributed by atoms with Crippen molar-refractivity contribution in [1.29, 1.82) is 0 Å². The number of benzene rings is 2. The normalized spacial score (nSPS) is 15.5. The van der Waals surface area contributed by atoms with E-state index in [1.807, 2.05) is 12.3 Å². The molecule has 0 aliphatic carbocycles. The van der Waals surface area contributed by atoms with Gasteiger partial charge in [0.25, 0.3) is 0 Å². The molecule has 0 amide bonds. The third kappa shape index (κ3) is 3.70. The van der Waals surface area contributed by atoms with Crippen LogP contribution >= 0.6 is 0 Å². The lowest BCUT2D eigenvalue weighted by molar-refractivity contribution is 0.313. The van der Waals surface area contributed by atoms with E-state index in [-0.39, 0.29) is 5.82 Å². The average molecular weight is 349 g/mol. The maximum Gasteiger partial charge on any atom is 0.123 e. The zero-order valence-corrected chi connectivity index (χ0v) is 15.2. The number of anilines is 1. The molecule has 0 N–H and O–H groups in total. The molecule has 0 radical (unpaired) electrons. The topological polar surface area (TPSA) is 19.4 Å². The number of nitrogens with zero attached hydrogens (tertiary/aromatic N) is 3. The van der Waals surface area contributed by atoms with Crippen molar-refractivity contribution in [3.8, 4) is 0 Å². The Morgan fingerprint density at radius 3 is 2.58 bits per heavy atom. The molecule has 0 unspecified atom stereocenters. The molecule has 0 bridgehead atoms.